The van der Waals surface area contributed by atoms with Gasteiger partial charge in [-0.05, 0) is 57.5 Å². The van der Waals surface area contributed by atoms with Gasteiger partial charge in [0.15, 0.2) is 5.69 Å². The number of piperidine rings is 2. The van der Waals surface area contributed by atoms with Gasteiger partial charge in [0.2, 0.25) is 0 Å². The molecule has 1 amide bonds. The first-order valence-corrected chi connectivity index (χ1v) is 10.7. The van der Waals surface area contributed by atoms with Crippen molar-refractivity contribution in [1.82, 2.24) is 24.8 Å². The third-order valence-electron chi connectivity index (χ3n) is 6.45. The molecular weight excluding hydrogens is 326 g/mol. The first kappa shape index (κ1) is 18.0. The summed E-state index contributed by atoms with van der Waals surface area (Å²) >= 11 is 0. The Hall–Kier alpha value is -1.43. The summed E-state index contributed by atoms with van der Waals surface area (Å²) in [6.45, 7) is 5.37. The van der Waals surface area contributed by atoms with Gasteiger partial charge in [-0.15, -0.1) is 5.10 Å². The zero-order valence-electron chi connectivity index (χ0n) is 16.0. The Bertz CT molecular complexity index is 589. The Balaban J connectivity index is 1.34. The third-order valence-corrected chi connectivity index (χ3v) is 6.45. The molecule has 0 aromatic carbocycles. The second-order valence-corrected chi connectivity index (χ2v) is 8.50. The Morgan fingerprint density at radius 3 is 2.54 bits per heavy atom. The van der Waals surface area contributed by atoms with Crippen LogP contribution >= 0.6 is 0 Å². The quantitative estimate of drug-likeness (QED) is 0.829. The molecule has 3 fully saturated rings. The van der Waals surface area contributed by atoms with Crippen LogP contribution in [-0.4, -0.2) is 63.4 Å². The smallest absolute Gasteiger partial charge is 0.276 e. The number of aromatic nitrogens is 3. The molecule has 1 aliphatic carbocycles. The lowest BCUT2D eigenvalue weighted by atomic mass is 9.95. The van der Waals surface area contributed by atoms with E-state index in [1.54, 1.807) is 0 Å². The SMILES string of the molecule is O=C(c1cn(C2CCCCC2)nn1)N1CCCC(CN2CCCCC2)C1. The Morgan fingerprint density at radius 1 is 0.962 bits per heavy atom. The lowest BCUT2D eigenvalue weighted by Crippen LogP contribution is -2.44. The molecule has 1 atom stereocenters. The zero-order chi connectivity index (χ0) is 17.8. The van der Waals surface area contributed by atoms with Crippen LogP contribution < -0.4 is 0 Å². The van der Waals surface area contributed by atoms with Crippen molar-refractivity contribution in [2.75, 3.05) is 32.7 Å². The summed E-state index contributed by atoms with van der Waals surface area (Å²) in [4.78, 5) is 17.5. The van der Waals surface area contributed by atoms with E-state index in [0.29, 0.717) is 17.7 Å². The van der Waals surface area contributed by atoms with Gasteiger partial charge in [0, 0.05) is 19.6 Å². The zero-order valence-corrected chi connectivity index (χ0v) is 16.0. The first-order chi connectivity index (χ1) is 12.8. The van der Waals surface area contributed by atoms with Crippen molar-refractivity contribution in [3.05, 3.63) is 11.9 Å². The topological polar surface area (TPSA) is 54.3 Å². The predicted octanol–water partition coefficient (Wildman–Crippen LogP) is 3.12. The van der Waals surface area contributed by atoms with E-state index < -0.39 is 0 Å². The van der Waals surface area contributed by atoms with E-state index in [0.717, 1.165) is 26.1 Å². The molecule has 0 bridgehead atoms. The van der Waals surface area contributed by atoms with Crippen molar-refractivity contribution in [3.63, 3.8) is 0 Å². The lowest BCUT2D eigenvalue weighted by Gasteiger charge is -2.36. The second-order valence-electron chi connectivity index (χ2n) is 8.50. The Morgan fingerprint density at radius 2 is 1.73 bits per heavy atom. The van der Waals surface area contributed by atoms with E-state index in [2.05, 4.69) is 15.2 Å². The summed E-state index contributed by atoms with van der Waals surface area (Å²) in [6.07, 6.45) is 14.5. The molecule has 1 saturated carbocycles. The molecule has 0 N–H and O–H groups in total. The van der Waals surface area contributed by atoms with E-state index in [9.17, 15) is 4.79 Å². The van der Waals surface area contributed by atoms with Crippen molar-refractivity contribution in [1.29, 1.82) is 0 Å². The highest BCUT2D eigenvalue weighted by atomic mass is 16.2. The fourth-order valence-corrected chi connectivity index (χ4v) is 4.97. The van der Waals surface area contributed by atoms with Crippen LogP contribution in [0.5, 0.6) is 0 Å². The molecule has 2 saturated heterocycles. The van der Waals surface area contributed by atoms with Crippen LogP contribution in [0.2, 0.25) is 0 Å². The molecule has 0 radical (unpaired) electrons. The summed E-state index contributed by atoms with van der Waals surface area (Å²) in [5.41, 5.74) is 0.536. The van der Waals surface area contributed by atoms with Crippen LogP contribution in [0.15, 0.2) is 6.20 Å². The summed E-state index contributed by atoms with van der Waals surface area (Å²) < 4.78 is 1.95. The van der Waals surface area contributed by atoms with Gasteiger partial charge >= 0.3 is 0 Å². The van der Waals surface area contributed by atoms with E-state index in [1.165, 1.54) is 70.9 Å². The number of likely N-dealkylation sites (tertiary alicyclic amines) is 2. The molecule has 3 heterocycles. The van der Waals surface area contributed by atoms with Gasteiger partial charge in [0.1, 0.15) is 0 Å². The van der Waals surface area contributed by atoms with Crippen LogP contribution in [-0.2, 0) is 0 Å². The predicted molar refractivity (Wildman–Crippen MR) is 101 cm³/mol. The van der Waals surface area contributed by atoms with Gasteiger partial charge in [-0.2, -0.15) is 0 Å². The van der Waals surface area contributed by atoms with Gasteiger partial charge < -0.3 is 9.80 Å². The first-order valence-electron chi connectivity index (χ1n) is 10.7. The maximum absolute atomic E-state index is 12.9. The van der Waals surface area contributed by atoms with Crippen LogP contribution in [0.25, 0.3) is 0 Å². The molecular formula is C20H33N5O. The van der Waals surface area contributed by atoms with E-state index >= 15 is 0 Å². The molecule has 2 aliphatic heterocycles. The summed E-state index contributed by atoms with van der Waals surface area (Å²) in [5, 5.41) is 8.50. The number of hydrogen-bond acceptors (Lipinski definition) is 4. The van der Waals surface area contributed by atoms with Crippen molar-refractivity contribution >= 4 is 5.91 Å². The highest BCUT2D eigenvalue weighted by Gasteiger charge is 2.28. The standard InChI is InChI=1S/C20H33N5O/c26-20(19-16-25(22-21-19)18-9-3-1-4-10-18)24-13-7-8-17(15-24)14-23-11-5-2-6-12-23/h16-18H,1-15H2. The fraction of sp³-hybridized carbons (Fsp3) is 0.850. The number of carbonyl (C=O) groups excluding carboxylic acids is 1. The minimum atomic E-state index is 0.0791. The Kier molecular flexibility index (Phi) is 5.88. The number of amides is 1. The summed E-state index contributed by atoms with van der Waals surface area (Å²) in [6, 6.07) is 0.436. The van der Waals surface area contributed by atoms with Gasteiger partial charge in [0.05, 0.1) is 12.2 Å². The monoisotopic (exact) mass is 359 g/mol. The molecule has 26 heavy (non-hydrogen) atoms. The highest BCUT2D eigenvalue weighted by molar-refractivity contribution is 5.92. The van der Waals surface area contributed by atoms with Crippen LogP contribution in [0, 0.1) is 5.92 Å². The van der Waals surface area contributed by atoms with Crippen LogP contribution in [0.4, 0.5) is 0 Å². The minimum absolute atomic E-state index is 0.0791. The summed E-state index contributed by atoms with van der Waals surface area (Å²) in [7, 11) is 0. The molecule has 3 aliphatic rings. The minimum Gasteiger partial charge on any atom is -0.337 e. The average molecular weight is 360 g/mol. The average Bonchev–Trinajstić information content (AvgIpc) is 3.19. The van der Waals surface area contributed by atoms with E-state index in [1.807, 2.05) is 15.8 Å². The Labute approximate surface area is 156 Å². The van der Waals surface area contributed by atoms with Crippen molar-refractivity contribution in [2.45, 2.75) is 70.3 Å². The number of rotatable bonds is 4. The van der Waals surface area contributed by atoms with Gasteiger partial charge in [0.25, 0.3) is 5.91 Å². The molecule has 6 heteroatoms. The van der Waals surface area contributed by atoms with Crippen molar-refractivity contribution in [3.8, 4) is 0 Å². The largest absolute Gasteiger partial charge is 0.337 e. The maximum atomic E-state index is 12.9. The number of hydrogen-bond donors (Lipinski definition) is 0. The molecule has 1 unspecified atom stereocenters. The normalized spacial score (nSPS) is 26.2. The number of carbonyl (C=O) groups is 1. The van der Waals surface area contributed by atoms with Gasteiger partial charge in [-0.3, -0.25) is 4.79 Å². The number of nitrogens with zero attached hydrogens (tertiary/aromatic N) is 5. The second kappa shape index (κ2) is 8.51. The lowest BCUT2D eigenvalue weighted by molar-refractivity contribution is 0.0625. The molecule has 4 rings (SSSR count). The van der Waals surface area contributed by atoms with Crippen LogP contribution in [0.1, 0.15) is 80.7 Å². The highest BCUT2D eigenvalue weighted by Crippen LogP contribution is 2.27. The van der Waals surface area contributed by atoms with E-state index in [-0.39, 0.29) is 5.91 Å². The maximum Gasteiger partial charge on any atom is 0.276 e. The molecule has 6 nitrogen and oxygen atoms in total. The summed E-state index contributed by atoms with van der Waals surface area (Å²) in [5.74, 6) is 0.689. The third kappa shape index (κ3) is 4.27. The molecule has 144 valence electrons. The van der Waals surface area contributed by atoms with Crippen LogP contribution in [0.3, 0.4) is 0 Å². The molecule has 0 spiro atoms. The van der Waals surface area contributed by atoms with Crippen molar-refractivity contribution < 1.29 is 4.79 Å². The fourth-order valence-electron chi connectivity index (χ4n) is 4.97. The molecule has 1 aromatic heterocycles. The van der Waals surface area contributed by atoms with Gasteiger partial charge in [-0.1, -0.05) is 30.9 Å². The molecule has 1 aromatic rings. The van der Waals surface area contributed by atoms with Gasteiger partial charge in [-0.25, -0.2) is 4.68 Å². The van der Waals surface area contributed by atoms with E-state index in [4.69, 9.17) is 0 Å². The van der Waals surface area contributed by atoms with Crippen molar-refractivity contribution in [2.24, 2.45) is 5.92 Å².